The molecule has 0 bridgehead atoms. The van der Waals surface area contributed by atoms with Crippen molar-refractivity contribution in [1.82, 2.24) is 5.32 Å². The van der Waals surface area contributed by atoms with Crippen LogP contribution in [0.3, 0.4) is 0 Å². The lowest BCUT2D eigenvalue weighted by molar-refractivity contribution is -0.385. The molecule has 1 aromatic rings. The van der Waals surface area contributed by atoms with Gasteiger partial charge in [-0.15, -0.1) is 0 Å². The maximum Gasteiger partial charge on any atom is 0.407 e. The number of methoxy groups -OCH3 is 2. The number of ether oxygens (including phenoxy) is 3. The van der Waals surface area contributed by atoms with Crippen molar-refractivity contribution in [3.8, 4) is 11.5 Å². The van der Waals surface area contributed by atoms with Crippen molar-refractivity contribution in [2.45, 2.75) is 32.8 Å². The highest BCUT2D eigenvalue weighted by Gasteiger charge is 2.21. The van der Waals surface area contributed by atoms with Crippen molar-refractivity contribution in [2.75, 3.05) is 20.8 Å². The summed E-state index contributed by atoms with van der Waals surface area (Å²) in [5, 5.41) is 13.7. The summed E-state index contributed by atoms with van der Waals surface area (Å²) in [6.45, 7) is 5.58. The van der Waals surface area contributed by atoms with Crippen LogP contribution in [0.2, 0.25) is 0 Å². The van der Waals surface area contributed by atoms with E-state index >= 15 is 0 Å². The predicted octanol–water partition coefficient (Wildman–Crippen LogP) is 2.68. The first-order valence-corrected chi connectivity index (χ1v) is 7.04. The third-order valence-electron chi connectivity index (χ3n) is 2.80. The Bertz CT molecular complexity index is 580. The number of nitro benzene ring substituents is 1. The third kappa shape index (κ3) is 5.65. The lowest BCUT2D eigenvalue weighted by atomic mass is 10.1. The van der Waals surface area contributed by atoms with Gasteiger partial charge >= 0.3 is 11.8 Å². The highest BCUT2D eigenvalue weighted by molar-refractivity contribution is 5.67. The number of hydrogen-bond donors (Lipinski definition) is 1. The summed E-state index contributed by atoms with van der Waals surface area (Å²) < 4.78 is 15.3. The Morgan fingerprint density at radius 1 is 1.26 bits per heavy atom. The number of hydrogen-bond acceptors (Lipinski definition) is 6. The van der Waals surface area contributed by atoms with Crippen molar-refractivity contribution >= 4 is 11.8 Å². The van der Waals surface area contributed by atoms with Crippen LogP contribution in [0, 0.1) is 10.1 Å². The second kappa shape index (κ2) is 7.66. The number of nitrogens with zero attached hydrogens (tertiary/aromatic N) is 1. The van der Waals surface area contributed by atoms with Gasteiger partial charge in [-0.2, -0.15) is 0 Å². The molecule has 1 amide bonds. The fourth-order valence-electron chi connectivity index (χ4n) is 1.90. The molecule has 0 aromatic heterocycles. The summed E-state index contributed by atoms with van der Waals surface area (Å²) in [5.74, 6) is 0.343. The van der Waals surface area contributed by atoms with Gasteiger partial charge in [0.15, 0.2) is 5.75 Å². The fraction of sp³-hybridized carbons (Fsp3) is 0.533. The SMILES string of the molecule is COc1cc(CCNC(=O)OC(C)(C)C)cc([N+](=O)[O-])c1OC. The van der Waals surface area contributed by atoms with Crippen molar-refractivity contribution in [2.24, 2.45) is 0 Å². The Kier molecular flexibility index (Phi) is 6.18. The lowest BCUT2D eigenvalue weighted by Crippen LogP contribution is -2.33. The van der Waals surface area contributed by atoms with Crippen LogP contribution in [-0.4, -0.2) is 37.4 Å². The van der Waals surface area contributed by atoms with E-state index in [2.05, 4.69) is 5.32 Å². The first-order valence-electron chi connectivity index (χ1n) is 7.04. The zero-order valence-electron chi connectivity index (χ0n) is 14.0. The molecule has 1 rings (SSSR count). The summed E-state index contributed by atoms with van der Waals surface area (Å²) in [5.41, 5.74) is -0.115. The van der Waals surface area contributed by atoms with Crippen molar-refractivity contribution in [3.63, 3.8) is 0 Å². The Hall–Kier alpha value is -2.51. The van der Waals surface area contributed by atoms with Gasteiger partial charge in [-0.25, -0.2) is 4.79 Å². The molecule has 128 valence electrons. The summed E-state index contributed by atoms with van der Waals surface area (Å²) in [6.07, 6.45) is -0.145. The van der Waals surface area contributed by atoms with Crippen LogP contribution in [0.5, 0.6) is 11.5 Å². The van der Waals surface area contributed by atoms with E-state index in [1.54, 1.807) is 26.8 Å². The molecule has 23 heavy (non-hydrogen) atoms. The Morgan fingerprint density at radius 3 is 2.39 bits per heavy atom. The molecule has 0 radical (unpaired) electrons. The smallest absolute Gasteiger partial charge is 0.407 e. The highest BCUT2D eigenvalue weighted by Crippen LogP contribution is 2.37. The molecular weight excluding hydrogens is 304 g/mol. The van der Waals surface area contributed by atoms with Crippen molar-refractivity contribution in [3.05, 3.63) is 27.8 Å². The zero-order valence-corrected chi connectivity index (χ0v) is 14.0. The fourth-order valence-corrected chi connectivity index (χ4v) is 1.90. The first kappa shape index (κ1) is 18.5. The van der Waals surface area contributed by atoms with Gasteiger partial charge in [0.25, 0.3) is 0 Å². The molecular formula is C15H22N2O6. The van der Waals surface area contributed by atoms with E-state index < -0.39 is 16.6 Å². The van der Waals surface area contributed by atoms with Crippen LogP contribution >= 0.6 is 0 Å². The second-order valence-corrected chi connectivity index (χ2v) is 5.79. The first-order chi connectivity index (χ1) is 10.7. The molecule has 0 aliphatic carbocycles. The molecule has 0 spiro atoms. The summed E-state index contributed by atoms with van der Waals surface area (Å²) in [7, 11) is 2.75. The topological polar surface area (TPSA) is 99.9 Å². The van der Waals surface area contributed by atoms with Gasteiger partial charge < -0.3 is 19.5 Å². The van der Waals surface area contributed by atoms with Gasteiger partial charge in [0.1, 0.15) is 5.60 Å². The van der Waals surface area contributed by atoms with E-state index in [-0.39, 0.29) is 23.7 Å². The molecule has 8 heteroatoms. The quantitative estimate of drug-likeness (QED) is 0.637. The zero-order chi connectivity index (χ0) is 17.6. The molecule has 0 saturated heterocycles. The normalized spacial score (nSPS) is 10.8. The Morgan fingerprint density at radius 2 is 1.91 bits per heavy atom. The van der Waals surface area contributed by atoms with E-state index in [4.69, 9.17) is 14.2 Å². The molecule has 0 heterocycles. The minimum Gasteiger partial charge on any atom is -0.493 e. The number of nitrogens with one attached hydrogen (secondary N) is 1. The van der Waals surface area contributed by atoms with Crippen LogP contribution in [-0.2, 0) is 11.2 Å². The summed E-state index contributed by atoms with van der Waals surface area (Å²) in [4.78, 5) is 22.1. The van der Waals surface area contributed by atoms with Crippen molar-refractivity contribution in [1.29, 1.82) is 0 Å². The molecule has 0 saturated carbocycles. The maximum atomic E-state index is 11.6. The van der Waals surface area contributed by atoms with Gasteiger partial charge in [0.2, 0.25) is 5.75 Å². The second-order valence-electron chi connectivity index (χ2n) is 5.79. The van der Waals surface area contributed by atoms with Gasteiger partial charge in [0.05, 0.1) is 19.1 Å². The molecule has 0 aliphatic rings. The molecule has 1 aromatic carbocycles. The van der Waals surface area contributed by atoms with E-state index in [0.29, 0.717) is 12.0 Å². The maximum absolute atomic E-state index is 11.6. The van der Waals surface area contributed by atoms with E-state index in [9.17, 15) is 14.9 Å². The summed E-state index contributed by atoms with van der Waals surface area (Å²) >= 11 is 0. The average Bonchev–Trinajstić information content (AvgIpc) is 2.44. The van der Waals surface area contributed by atoms with Gasteiger partial charge in [0, 0.05) is 12.6 Å². The predicted molar refractivity (Wildman–Crippen MR) is 84.1 cm³/mol. The number of alkyl carbamates (subject to hydrolysis) is 1. The Labute approximate surface area is 134 Å². The number of rotatable bonds is 6. The van der Waals surface area contributed by atoms with Crippen LogP contribution < -0.4 is 14.8 Å². The standard InChI is InChI=1S/C15H22N2O6/c1-15(2,3)23-14(18)16-7-6-10-8-11(17(19)20)13(22-5)12(9-10)21-4/h8-9H,6-7H2,1-5H3,(H,16,18). The molecule has 0 unspecified atom stereocenters. The summed E-state index contributed by atoms with van der Waals surface area (Å²) in [6, 6.07) is 3.04. The van der Waals surface area contributed by atoms with Crippen molar-refractivity contribution < 1.29 is 23.9 Å². The van der Waals surface area contributed by atoms with Crippen LogP contribution in [0.15, 0.2) is 12.1 Å². The number of nitro groups is 1. The third-order valence-corrected chi connectivity index (χ3v) is 2.80. The number of carbonyl (C=O) groups is 1. The molecule has 1 N–H and O–H groups in total. The van der Waals surface area contributed by atoms with E-state index in [1.165, 1.54) is 20.3 Å². The molecule has 0 aliphatic heterocycles. The monoisotopic (exact) mass is 326 g/mol. The minimum absolute atomic E-state index is 0.0707. The lowest BCUT2D eigenvalue weighted by Gasteiger charge is -2.19. The van der Waals surface area contributed by atoms with Gasteiger partial charge in [-0.05, 0) is 38.8 Å². The molecule has 0 fully saturated rings. The Balaban J connectivity index is 2.80. The van der Waals surface area contributed by atoms with E-state index in [0.717, 1.165) is 0 Å². The minimum atomic E-state index is -0.577. The van der Waals surface area contributed by atoms with Gasteiger partial charge in [-0.1, -0.05) is 0 Å². The largest absolute Gasteiger partial charge is 0.493 e. The van der Waals surface area contributed by atoms with Gasteiger partial charge in [-0.3, -0.25) is 10.1 Å². The number of amides is 1. The van der Waals surface area contributed by atoms with Crippen LogP contribution in [0.4, 0.5) is 10.5 Å². The molecule has 8 nitrogen and oxygen atoms in total. The highest BCUT2D eigenvalue weighted by atomic mass is 16.6. The van der Waals surface area contributed by atoms with Crippen LogP contribution in [0.1, 0.15) is 26.3 Å². The molecule has 0 atom stereocenters. The average molecular weight is 326 g/mol. The number of benzene rings is 1. The number of carbonyl (C=O) groups excluding carboxylic acids is 1. The van der Waals surface area contributed by atoms with Crippen LogP contribution in [0.25, 0.3) is 0 Å². The van der Waals surface area contributed by atoms with E-state index in [1.807, 2.05) is 0 Å².